The molecular weight excluding hydrogens is 244 g/mol. The van der Waals surface area contributed by atoms with E-state index in [-0.39, 0.29) is 11.7 Å². The molecule has 0 radical (unpaired) electrons. The van der Waals surface area contributed by atoms with Crippen LogP contribution in [0, 0.1) is 0 Å². The van der Waals surface area contributed by atoms with Crippen LogP contribution >= 0.6 is 0 Å². The van der Waals surface area contributed by atoms with Crippen molar-refractivity contribution in [2.75, 3.05) is 6.54 Å². The van der Waals surface area contributed by atoms with Gasteiger partial charge in [0.2, 0.25) is 5.82 Å². The molecule has 2 N–H and O–H groups in total. The van der Waals surface area contributed by atoms with E-state index in [2.05, 4.69) is 25.6 Å². The molecule has 1 aliphatic rings. The third kappa shape index (κ3) is 2.81. The largest absolute Gasteiger partial charge is 0.349 e. The highest BCUT2D eigenvalue weighted by Crippen LogP contribution is 2.37. The summed E-state index contributed by atoms with van der Waals surface area (Å²) in [5.41, 5.74) is 1.09. The molecule has 19 heavy (non-hydrogen) atoms. The summed E-state index contributed by atoms with van der Waals surface area (Å²) in [4.78, 5) is 16.0. The van der Waals surface area contributed by atoms with Crippen LogP contribution in [0.15, 0.2) is 12.4 Å². The predicted molar refractivity (Wildman–Crippen MR) is 67.6 cm³/mol. The Kier molecular flexibility index (Phi) is 3.02. The summed E-state index contributed by atoms with van der Waals surface area (Å²) in [6, 6.07) is 0. The fourth-order valence-corrected chi connectivity index (χ4v) is 1.92. The maximum absolute atomic E-state index is 11.8. The van der Waals surface area contributed by atoms with Gasteiger partial charge in [-0.15, -0.1) is 5.10 Å². The summed E-state index contributed by atoms with van der Waals surface area (Å²) < 4.78 is 1.74. The van der Waals surface area contributed by atoms with Crippen molar-refractivity contribution in [3.05, 3.63) is 29.6 Å². The third-order valence-corrected chi connectivity index (χ3v) is 3.13. The smallest absolute Gasteiger partial charge is 0.290 e. The Balaban J connectivity index is 1.50. The van der Waals surface area contributed by atoms with Gasteiger partial charge >= 0.3 is 0 Å². The van der Waals surface area contributed by atoms with Gasteiger partial charge in [0.1, 0.15) is 5.82 Å². The van der Waals surface area contributed by atoms with Crippen LogP contribution in [0.2, 0.25) is 0 Å². The van der Waals surface area contributed by atoms with Crippen molar-refractivity contribution in [1.82, 2.24) is 30.3 Å². The average Bonchev–Trinajstić information content (AvgIpc) is 2.97. The highest BCUT2D eigenvalue weighted by atomic mass is 16.2. The first-order valence-electron chi connectivity index (χ1n) is 6.40. The van der Waals surface area contributed by atoms with Gasteiger partial charge in [0.25, 0.3) is 5.91 Å². The quantitative estimate of drug-likeness (QED) is 0.814. The maximum atomic E-state index is 11.8. The average molecular weight is 260 g/mol. The first kappa shape index (κ1) is 11.9. The van der Waals surface area contributed by atoms with E-state index < -0.39 is 0 Å². The minimum Gasteiger partial charge on any atom is -0.349 e. The molecule has 0 unspecified atom stereocenters. The van der Waals surface area contributed by atoms with Gasteiger partial charge in [0, 0.05) is 25.7 Å². The van der Waals surface area contributed by atoms with Gasteiger partial charge in [-0.3, -0.25) is 14.6 Å². The van der Waals surface area contributed by atoms with Crippen molar-refractivity contribution >= 4 is 5.91 Å². The van der Waals surface area contributed by atoms with Crippen molar-refractivity contribution < 1.29 is 4.79 Å². The minimum atomic E-state index is -0.230. The monoisotopic (exact) mass is 260 g/mol. The highest BCUT2D eigenvalue weighted by Gasteiger charge is 2.28. The third-order valence-electron chi connectivity index (χ3n) is 3.13. The Bertz CT molecular complexity index is 583. The number of carbonyl (C=O) groups excluding carboxylic acids is 1. The van der Waals surface area contributed by atoms with Crippen LogP contribution in [0.4, 0.5) is 0 Å². The van der Waals surface area contributed by atoms with E-state index in [4.69, 9.17) is 0 Å². The molecular formula is C12H16N6O. The lowest BCUT2D eigenvalue weighted by atomic mass is 10.2. The van der Waals surface area contributed by atoms with E-state index in [9.17, 15) is 4.79 Å². The van der Waals surface area contributed by atoms with Crippen LogP contribution in [-0.2, 0) is 13.5 Å². The number of aromatic nitrogens is 5. The number of hydrogen-bond donors (Lipinski definition) is 2. The van der Waals surface area contributed by atoms with Crippen LogP contribution in [0.1, 0.15) is 40.8 Å². The minimum absolute atomic E-state index is 0.230. The Morgan fingerprint density at radius 3 is 3.11 bits per heavy atom. The normalized spacial score (nSPS) is 14.6. The summed E-state index contributed by atoms with van der Waals surface area (Å²) >= 11 is 0. The first-order chi connectivity index (χ1) is 9.22. The van der Waals surface area contributed by atoms with Crippen LogP contribution in [0.5, 0.6) is 0 Å². The Morgan fingerprint density at radius 2 is 2.42 bits per heavy atom. The fourth-order valence-electron chi connectivity index (χ4n) is 1.92. The van der Waals surface area contributed by atoms with Crippen molar-refractivity contribution in [1.29, 1.82) is 0 Å². The molecule has 0 aromatic carbocycles. The molecule has 7 nitrogen and oxygen atoms in total. The van der Waals surface area contributed by atoms with Crippen molar-refractivity contribution in [3.63, 3.8) is 0 Å². The van der Waals surface area contributed by atoms with Gasteiger partial charge < -0.3 is 5.32 Å². The molecule has 1 amide bonds. The second kappa shape index (κ2) is 4.83. The Hall–Kier alpha value is -2.18. The number of nitrogens with zero attached hydrogens (tertiary/aromatic N) is 4. The zero-order chi connectivity index (χ0) is 13.2. The molecule has 1 aliphatic carbocycles. The number of H-pyrrole nitrogens is 1. The zero-order valence-corrected chi connectivity index (χ0v) is 10.8. The van der Waals surface area contributed by atoms with Crippen LogP contribution in [-0.4, -0.2) is 37.4 Å². The van der Waals surface area contributed by atoms with E-state index >= 15 is 0 Å². The lowest BCUT2D eigenvalue weighted by Gasteiger charge is -2.00. The Labute approximate surface area is 110 Å². The lowest BCUT2D eigenvalue weighted by Crippen LogP contribution is -2.26. The molecule has 2 heterocycles. The molecule has 1 saturated carbocycles. The SMILES string of the molecule is Cn1cc(CCNC(=O)c2n[nH]c(C3CC3)n2)cn1. The second-order valence-corrected chi connectivity index (χ2v) is 4.85. The molecule has 0 saturated heterocycles. The molecule has 2 aromatic rings. The number of rotatable bonds is 5. The number of hydrogen-bond acceptors (Lipinski definition) is 4. The number of amides is 1. The lowest BCUT2D eigenvalue weighted by molar-refractivity contribution is 0.0944. The topological polar surface area (TPSA) is 88.5 Å². The zero-order valence-electron chi connectivity index (χ0n) is 10.8. The van der Waals surface area contributed by atoms with Gasteiger partial charge in [-0.05, 0) is 24.8 Å². The van der Waals surface area contributed by atoms with Crippen molar-refractivity contribution in [2.45, 2.75) is 25.2 Å². The number of aromatic amines is 1. The maximum Gasteiger partial charge on any atom is 0.290 e. The second-order valence-electron chi connectivity index (χ2n) is 4.85. The predicted octanol–water partition coefficient (Wildman–Crippen LogP) is 0.388. The summed E-state index contributed by atoms with van der Waals surface area (Å²) in [6.07, 6.45) is 6.75. The van der Waals surface area contributed by atoms with Gasteiger partial charge in [-0.1, -0.05) is 0 Å². The van der Waals surface area contributed by atoms with E-state index in [0.29, 0.717) is 12.5 Å². The van der Waals surface area contributed by atoms with Gasteiger partial charge in [-0.2, -0.15) is 5.10 Å². The standard InChI is InChI=1S/C12H16N6O/c1-18-7-8(6-14-18)4-5-13-12(19)11-15-10(16-17-11)9-2-3-9/h6-7,9H,2-5H2,1H3,(H,13,19)(H,15,16,17). The van der Waals surface area contributed by atoms with E-state index in [1.54, 1.807) is 10.9 Å². The number of carbonyl (C=O) groups is 1. The van der Waals surface area contributed by atoms with Crippen molar-refractivity contribution in [3.8, 4) is 0 Å². The van der Waals surface area contributed by atoms with Crippen LogP contribution in [0.25, 0.3) is 0 Å². The van der Waals surface area contributed by atoms with Gasteiger partial charge in [-0.25, -0.2) is 4.98 Å². The first-order valence-corrected chi connectivity index (χ1v) is 6.40. The molecule has 7 heteroatoms. The summed E-state index contributed by atoms with van der Waals surface area (Å²) in [5.74, 6) is 1.31. The molecule has 0 bridgehead atoms. The van der Waals surface area contributed by atoms with Crippen LogP contribution < -0.4 is 5.32 Å². The molecule has 3 rings (SSSR count). The Morgan fingerprint density at radius 1 is 1.58 bits per heavy atom. The van der Waals surface area contributed by atoms with Gasteiger partial charge in [0.05, 0.1) is 6.20 Å². The number of aryl methyl sites for hydroxylation is 1. The van der Waals surface area contributed by atoms with Gasteiger partial charge in [0.15, 0.2) is 0 Å². The van der Waals surface area contributed by atoms with Crippen LogP contribution in [0.3, 0.4) is 0 Å². The van der Waals surface area contributed by atoms with E-state index in [1.165, 1.54) is 0 Å². The molecule has 0 spiro atoms. The molecule has 2 aromatic heterocycles. The van der Waals surface area contributed by atoms with E-state index in [1.807, 2.05) is 13.2 Å². The molecule has 1 fully saturated rings. The van der Waals surface area contributed by atoms with Crippen molar-refractivity contribution in [2.24, 2.45) is 7.05 Å². The summed E-state index contributed by atoms with van der Waals surface area (Å²) in [7, 11) is 1.87. The molecule has 0 atom stereocenters. The molecule has 100 valence electrons. The number of nitrogens with one attached hydrogen (secondary N) is 2. The fraction of sp³-hybridized carbons (Fsp3) is 0.500. The van der Waals surface area contributed by atoms with E-state index in [0.717, 1.165) is 30.7 Å². The summed E-state index contributed by atoms with van der Waals surface area (Å²) in [5, 5.41) is 13.7. The highest BCUT2D eigenvalue weighted by molar-refractivity contribution is 5.90. The summed E-state index contributed by atoms with van der Waals surface area (Å²) in [6.45, 7) is 0.553. The molecule has 0 aliphatic heterocycles.